The topological polar surface area (TPSA) is 28.2 Å². The molecular weight excluding hydrogens is 242 g/mol. The number of aryl methyl sites for hydroxylation is 1. The van der Waals surface area contributed by atoms with Gasteiger partial charge in [0.15, 0.2) is 0 Å². The molecule has 1 N–H and O–H groups in total. The molecule has 0 aliphatic rings. The predicted molar refractivity (Wildman–Crippen MR) is 80.1 cm³/mol. The van der Waals surface area contributed by atoms with Gasteiger partial charge in [-0.1, -0.05) is 20.8 Å². The average molecular weight is 269 g/mol. The minimum absolute atomic E-state index is 0.548. The Morgan fingerprint density at radius 2 is 2.11 bits per heavy atom. The van der Waals surface area contributed by atoms with Gasteiger partial charge in [-0.25, -0.2) is 4.98 Å². The molecule has 1 rings (SSSR count). The van der Waals surface area contributed by atoms with Crippen LogP contribution < -0.4 is 5.32 Å². The van der Waals surface area contributed by atoms with Crippen LogP contribution in [0.2, 0.25) is 0 Å². The molecule has 0 amide bonds. The average Bonchev–Trinajstić information content (AvgIpc) is 2.72. The van der Waals surface area contributed by atoms with E-state index in [1.54, 1.807) is 11.3 Å². The van der Waals surface area contributed by atoms with E-state index in [2.05, 4.69) is 55.4 Å². The van der Waals surface area contributed by atoms with Gasteiger partial charge in [-0.05, 0) is 32.9 Å². The number of likely N-dealkylation sites (N-methyl/N-ethyl adjacent to an activating group) is 1. The lowest BCUT2D eigenvalue weighted by molar-refractivity contribution is 0.304. The van der Waals surface area contributed by atoms with Gasteiger partial charge in [0, 0.05) is 24.5 Å². The zero-order valence-corrected chi connectivity index (χ0v) is 13.2. The first-order valence-corrected chi connectivity index (χ1v) is 7.70. The van der Waals surface area contributed by atoms with Crippen LogP contribution in [0.15, 0.2) is 5.38 Å². The van der Waals surface area contributed by atoms with Crippen molar-refractivity contribution >= 4 is 11.3 Å². The molecule has 0 aliphatic carbocycles. The maximum Gasteiger partial charge on any atom is 0.0926 e. The van der Waals surface area contributed by atoms with Crippen molar-refractivity contribution in [3.05, 3.63) is 16.1 Å². The lowest BCUT2D eigenvalue weighted by Crippen LogP contribution is -2.38. The minimum atomic E-state index is 0.548. The van der Waals surface area contributed by atoms with E-state index < -0.39 is 0 Å². The van der Waals surface area contributed by atoms with Crippen molar-refractivity contribution in [2.75, 3.05) is 20.6 Å². The van der Waals surface area contributed by atoms with Crippen molar-refractivity contribution in [1.82, 2.24) is 15.2 Å². The molecule has 1 aromatic heterocycles. The summed E-state index contributed by atoms with van der Waals surface area (Å²) in [6.45, 7) is 8.69. The van der Waals surface area contributed by atoms with Crippen molar-refractivity contribution in [3.63, 3.8) is 0 Å². The summed E-state index contributed by atoms with van der Waals surface area (Å²) < 4.78 is 0. The highest BCUT2D eigenvalue weighted by Crippen LogP contribution is 2.11. The summed E-state index contributed by atoms with van der Waals surface area (Å²) >= 11 is 1.77. The van der Waals surface area contributed by atoms with Gasteiger partial charge >= 0.3 is 0 Å². The van der Waals surface area contributed by atoms with E-state index in [-0.39, 0.29) is 0 Å². The van der Waals surface area contributed by atoms with Crippen molar-refractivity contribution in [1.29, 1.82) is 0 Å². The molecule has 0 saturated carbocycles. The summed E-state index contributed by atoms with van der Waals surface area (Å²) in [4.78, 5) is 6.85. The zero-order valence-electron chi connectivity index (χ0n) is 12.4. The van der Waals surface area contributed by atoms with Crippen LogP contribution in [-0.4, -0.2) is 36.6 Å². The lowest BCUT2D eigenvalue weighted by atomic mass is 10.0. The van der Waals surface area contributed by atoms with E-state index in [9.17, 15) is 0 Å². The molecule has 0 spiro atoms. The van der Waals surface area contributed by atoms with E-state index in [1.807, 2.05) is 0 Å². The highest BCUT2D eigenvalue weighted by molar-refractivity contribution is 7.09. The van der Waals surface area contributed by atoms with E-state index in [1.165, 1.54) is 17.1 Å². The fourth-order valence-corrected chi connectivity index (χ4v) is 2.82. The molecule has 18 heavy (non-hydrogen) atoms. The monoisotopic (exact) mass is 269 g/mol. The Bertz CT molecular complexity index is 324. The molecule has 0 bridgehead atoms. The van der Waals surface area contributed by atoms with Crippen LogP contribution >= 0.6 is 11.3 Å². The largest absolute Gasteiger partial charge is 0.308 e. The molecule has 1 aromatic rings. The first-order valence-electron chi connectivity index (χ1n) is 6.82. The predicted octanol–water partition coefficient (Wildman–Crippen LogP) is 2.77. The molecule has 0 radical (unpaired) electrons. The molecule has 1 unspecified atom stereocenters. The van der Waals surface area contributed by atoms with Gasteiger partial charge in [-0.2, -0.15) is 0 Å². The molecule has 0 saturated heterocycles. The molecule has 0 aromatic carbocycles. The van der Waals surface area contributed by atoms with E-state index in [4.69, 9.17) is 0 Å². The van der Waals surface area contributed by atoms with Crippen molar-refractivity contribution in [2.45, 2.75) is 46.2 Å². The second-order valence-electron chi connectivity index (χ2n) is 5.56. The highest BCUT2D eigenvalue weighted by Gasteiger charge is 2.12. The third-order valence-corrected chi connectivity index (χ3v) is 3.86. The van der Waals surface area contributed by atoms with E-state index >= 15 is 0 Å². The van der Waals surface area contributed by atoms with Crippen LogP contribution in [0.25, 0.3) is 0 Å². The Labute approximate surface area is 116 Å². The maximum absolute atomic E-state index is 4.60. The zero-order chi connectivity index (χ0) is 13.5. The fourth-order valence-electron chi connectivity index (χ4n) is 2.07. The van der Waals surface area contributed by atoms with E-state index in [0.717, 1.165) is 25.4 Å². The summed E-state index contributed by atoms with van der Waals surface area (Å²) in [5.74, 6) is 0.726. The van der Waals surface area contributed by atoms with Crippen LogP contribution in [0.3, 0.4) is 0 Å². The van der Waals surface area contributed by atoms with Crippen LogP contribution in [-0.2, 0) is 13.0 Å². The molecule has 1 heterocycles. The number of hydrogen-bond acceptors (Lipinski definition) is 4. The van der Waals surface area contributed by atoms with Gasteiger partial charge in [0.25, 0.3) is 0 Å². The molecule has 104 valence electrons. The van der Waals surface area contributed by atoms with Crippen molar-refractivity contribution < 1.29 is 0 Å². The number of hydrogen-bond donors (Lipinski definition) is 1. The van der Waals surface area contributed by atoms with Crippen LogP contribution in [0.4, 0.5) is 0 Å². The fraction of sp³-hybridized carbons (Fsp3) is 0.786. The standard InChI is InChI=1S/C14H27N3S/c1-6-14-16-13(10-18-14)8-15-12(7-11(2)3)9-17(4)5/h10-12,15H,6-9H2,1-5H3. The first-order chi connectivity index (χ1) is 8.51. The molecule has 0 aliphatic heterocycles. The van der Waals surface area contributed by atoms with Crippen LogP contribution in [0.1, 0.15) is 37.9 Å². The Kier molecular flexibility index (Phi) is 6.82. The Balaban J connectivity index is 2.44. The smallest absolute Gasteiger partial charge is 0.0926 e. The second kappa shape index (κ2) is 7.87. The number of rotatable bonds is 8. The summed E-state index contributed by atoms with van der Waals surface area (Å²) in [5, 5.41) is 7.05. The molecule has 1 atom stereocenters. The number of nitrogens with zero attached hydrogens (tertiary/aromatic N) is 2. The number of thiazole rings is 1. The van der Waals surface area contributed by atoms with E-state index in [0.29, 0.717) is 6.04 Å². The Hall–Kier alpha value is -0.450. The quantitative estimate of drug-likeness (QED) is 0.786. The van der Waals surface area contributed by atoms with Gasteiger partial charge in [0.05, 0.1) is 10.7 Å². The van der Waals surface area contributed by atoms with Gasteiger partial charge in [-0.15, -0.1) is 11.3 Å². The molecular formula is C14H27N3S. The lowest BCUT2D eigenvalue weighted by Gasteiger charge is -2.23. The van der Waals surface area contributed by atoms with Gasteiger partial charge < -0.3 is 10.2 Å². The second-order valence-corrected chi connectivity index (χ2v) is 6.50. The number of nitrogens with one attached hydrogen (secondary N) is 1. The SMILES string of the molecule is CCc1nc(CNC(CC(C)C)CN(C)C)cs1. The first kappa shape index (κ1) is 15.6. The van der Waals surface area contributed by atoms with Crippen LogP contribution in [0.5, 0.6) is 0 Å². The highest BCUT2D eigenvalue weighted by atomic mass is 32.1. The molecule has 0 fully saturated rings. The molecule has 4 heteroatoms. The molecule has 3 nitrogen and oxygen atoms in total. The van der Waals surface area contributed by atoms with Crippen molar-refractivity contribution in [3.8, 4) is 0 Å². The summed E-state index contributed by atoms with van der Waals surface area (Å²) in [6.07, 6.45) is 2.25. The van der Waals surface area contributed by atoms with Crippen molar-refractivity contribution in [2.24, 2.45) is 5.92 Å². The summed E-state index contributed by atoms with van der Waals surface area (Å²) in [7, 11) is 4.26. The Morgan fingerprint density at radius 3 is 2.61 bits per heavy atom. The maximum atomic E-state index is 4.60. The summed E-state index contributed by atoms with van der Waals surface area (Å²) in [5.41, 5.74) is 1.18. The van der Waals surface area contributed by atoms with Crippen LogP contribution in [0, 0.1) is 5.92 Å². The summed E-state index contributed by atoms with van der Waals surface area (Å²) in [6, 6.07) is 0.548. The van der Waals surface area contributed by atoms with Gasteiger partial charge in [0.1, 0.15) is 0 Å². The Morgan fingerprint density at radius 1 is 1.39 bits per heavy atom. The normalized spacial score (nSPS) is 13.5. The third-order valence-electron chi connectivity index (χ3n) is 2.82. The minimum Gasteiger partial charge on any atom is -0.308 e. The third kappa shape index (κ3) is 5.94. The number of aromatic nitrogens is 1. The van der Waals surface area contributed by atoms with Gasteiger partial charge in [0.2, 0.25) is 0 Å². The van der Waals surface area contributed by atoms with Gasteiger partial charge in [-0.3, -0.25) is 0 Å².